The van der Waals surface area contributed by atoms with Gasteiger partial charge >= 0.3 is 0 Å². The van der Waals surface area contributed by atoms with Crippen molar-refractivity contribution >= 4 is 23.0 Å². The lowest BCUT2D eigenvalue weighted by molar-refractivity contribution is -0.121. The molecule has 9 heteroatoms. The Balaban J connectivity index is 1.20. The second-order valence-corrected chi connectivity index (χ2v) is 10.7. The Bertz CT molecular complexity index is 1020. The largest absolute Gasteiger partial charge is 0.383 e. The number of aliphatic hydroxyl groups is 1. The average molecular weight is 504 g/mol. The van der Waals surface area contributed by atoms with E-state index in [4.69, 9.17) is 4.74 Å². The molecule has 2 aromatic rings. The molecular formula is C26H34FN3O4S. The van der Waals surface area contributed by atoms with Gasteiger partial charge in [-0.05, 0) is 43.7 Å². The highest BCUT2D eigenvalue weighted by atomic mass is 32.1. The van der Waals surface area contributed by atoms with E-state index in [1.165, 1.54) is 11.3 Å². The Hall–Kier alpha value is -2.20. The van der Waals surface area contributed by atoms with E-state index < -0.39 is 12.3 Å². The number of carbonyl (C=O) groups is 2. The Morgan fingerprint density at radius 1 is 1.29 bits per heavy atom. The number of hydrogen-bond acceptors (Lipinski definition) is 7. The minimum atomic E-state index is -0.864. The maximum Gasteiger partial charge on any atom is 0.220 e. The molecule has 2 aliphatic rings. The number of ketones is 1. The van der Waals surface area contributed by atoms with Crippen LogP contribution in [-0.2, 0) is 28.4 Å². The van der Waals surface area contributed by atoms with Crippen LogP contribution in [0.4, 0.5) is 4.39 Å². The second kappa shape index (κ2) is 11.7. The molecule has 35 heavy (non-hydrogen) atoms. The van der Waals surface area contributed by atoms with E-state index in [9.17, 15) is 19.1 Å². The number of methoxy groups -OCH3 is 1. The van der Waals surface area contributed by atoms with Crippen LogP contribution in [0.25, 0.3) is 0 Å². The fourth-order valence-corrected chi connectivity index (χ4v) is 6.16. The first-order valence-electron chi connectivity index (χ1n) is 12.3. The summed E-state index contributed by atoms with van der Waals surface area (Å²) in [6.07, 6.45) is 6.05. The van der Waals surface area contributed by atoms with Crippen LogP contribution < -0.4 is 5.32 Å². The molecule has 1 saturated heterocycles. The number of thiazole rings is 1. The molecular weight excluding hydrogens is 469 g/mol. The van der Waals surface area contributed by atoms with E-state index in [2.05, 4.69) is 15.2 Å². The first kappa shape index (κ1) is 25.9. The zero-order valence-corrected chi connectivity index (χ0v) is 21.0. The molecule has 1 aromatic carbocycles. The average Bonchev–Trinajstić information content (AvgIpc) is 3.54. The van der Waals surface area contributed by atoms with Gasteiger partial charge in [0.1, 0.15) is 17.3 Å². The SMILES string of the molecule is COCc1cnc(C2(O)CCC(N3CC[C@@H](NC(=O)CCC(=O)c4cccc(CF)c4)C3)CC2)s1. The van der Waals surface area contributed by atoms with Crippen molar-refractivity contribution in [3.63, 3.8) is 0 Å². The van der Waals surface area contributed by atoms with E-state index in [1.807, 2.05) is 0 Å². The highest BCUT2D eigenvalue weighted by molar-refractivity contribution is 7.11. The minimum absolute atomic E-state index is 0.0730. The zero-order chi connectivity index (χ0) is 24.8. The van der Waals surface area contributed by atoms with Crippen LogP contribution in [-0.4, -0.2) is 59.0 Å². The summed E-state index contributed by atoms with van der Waals surface area (Å²) in [4.78, 5) is 32.7. The third kappa shape index (κ3) is 6.52. The molecule has 1 amide bonds. The van der Waals surface area contributed by atoms with Gasteiger partial charge in [-0.25, -0.2) is 9.37 Å². The molecule has 0 bridgehead atoms. The molecule has 2 N–H and O–H groups in total. The van der Waals surface area contributed by atoms with Crippen LogP contribution in [0.5, 0.6) is 0 Å². The van der Waals surface area contributed by atoms with Gasteiger partial charge in [0.2, 0.25) is 5.91 Å². The van der Waals surface area contributed by atoms with Crippen LogP contribution in [0.15, 0.2) is 30.5 Å². The summed E-state index contributed by atoms with van der Waals surface area (Å²) in [5.41, 5.74) is 0.0523. The number of nitrogens with zero attached hydrogens (tertiary/aromatic N) is 2. The number of nitrogens with one attached hydrogen (secondary N) is 1. The normalized spacial score (nSPS) is 25.0. The maximum absolute atomic E-state index is 12.8. The fraction of sp³-hybridized carbons (Fsp3) is 0.577. The van der Waals surface area contributed by atoms with Crippen molar-refractivity contribution in [2.75, 3.05) is 20.2 Å². The van der Waals surface area contributed by atoms with Gasteiger partial charge in [-0.1, -0.05) is 18.2 Å². The lowest BCUT2D eigenvalue weighted by Gasteiger charge is -2.38. The Morgan fingerprint density at radius 3 is 2.83 bits per heavy atom. The number of likely N-dealkylation sites (tertiary alicyclic amines) is 1. The van der Waals surface area contributed by atoms with Crippen molar-refractivity contribution in [3.8, 4) is 0 Å². The number of Topliss-reactive ketones (excluding diaryl/α,β-unsaturated/α-hetero) is 1. The summed E-state index contributed by atoms with van der Waals surface area (Å²) in [5.74, 6) is -0.270. The van der Waals surface area contributed by atoms with Gasteiger partial charge in [-0.3, -0.25) is 14.5 Å². The number of carbonyl (C=O) groups excluding carboxylic acids is 2. The monoisotopic (exact) mass is 503 g/mol. The first-order valence-corrected chi connectivity index (χ1v) is 13.1. The lowest BCUT2D eigenvalue weighted by atomic mass is 9.82. The van der Waals surface area contributed by atoms with E-state index in [-0.39, 0.29) is 30.6 Å². The number of hydrogen-bond donors (Lipinski definition) is 2. The topological polar surface area (TPSA) is 91.8 Å². The van der Waals surface area contributed by atoms with Crippen LogP contribution in [0, 0.1) is 0 Å². The molecule has 7 nitrogen and oxygen atoms in total. The smallest absolute Gasteiger partial charge is 0.220 e. The van der Waals surface area contributed by atoms with Crippen LogP contribution in [0.3, 0.4) is 0 Å². The number of ether oxygens (including phenoxy) is 1. The van der Waals surface area contributed by atoms with E-state index in [0.29, 0.717) is 36.6 Å². The van der Waals surface area contributed by atoms with Crippen molar-refractivity contribution < 1.29 is 23.8 Å². The molecule has 1 aliphatic carbocycles. The van der Waals surface area contributed by atoms with Gasteiger partial charge in [0.05, 0.1) is 11.5 Å². The first-order chi connectivity index (χ1) is 16.9. The Morgan fingerprint density at radius 2 is 2.09 bits per heavy atom. The molecule has 0 spiro atoms. The van der Waals surface area contributed by atoms with Crippen molar-refractivity contribution in [3.05, 3.63) is 51.5 Å². The van der Waals surface area contributed by atoms with Gasteiger partial charge in [0.25, 0.3) is 0 Å². The third-order valence-corrected chi connectivity index (χ3v) is 8.27. The van der Waals surface area contributed by atoms with Gasteiger partial charge in [-0.15, -0.1) is 11.3 Å². The van der Waals surface area contributed by atoms with Gasteiger partial charge in [-0.2, -0.15) is 0 Å². The summed E-state index contributed by atoms with van der Waals surface area (Å²) in [7, 11) is 1.65. The maximum atomic E-state index is 12.8. The van der Waals surface area contributed by atoms with Gasteiger partial charge in [0, 0.05) is 56.9 Å². The molecule has 1 atom stereocenters. The highest BCUT2D eigenvalue weighted by Crippen LogP contribution is 2.40. The van der Waals surface area contributed by atoms with Crippen LogP contribution >= 0.6 is 11.3 Å². The Kier molecular flexibility index (Phi) is 8.64. The summed E-state index contributed by atoms with van der Waals surface area (Å²) >= 11 is 1.52. The molecule has 4 rings (SSSR count). The molecule has 2 fully saturated rings. The molecule has 0 unspecified atom stereocenters. The molecule has 1 aromatic heterocycles. The molecule has 2 heterocycles. The number of halogens is 1. The van der Waals surface area contributed by atoms with Crippen LogP contribution in [0.2, 0.25) is 0 Å². The van der Waals surface area contributed by atoms with Crippen molar-refractivity contribution in [1.82, 2.24) is 15.2 Å². The lowest BCUT2D eigenvalue weighted by Crippen LogP contribution is -2.43. The summed E-state index contributed by atoms with van der Waals surface area (Å²) in [5, 5.41) is 15.0. The van der Waals surface area contributed by atoms with Crippen molar-refractivity contribution in [2.45, 2.75) is 75.9 Å². The predicted molar refractivity (Wildman–Crippen MR) is 132 cm³/mol. The van der Waals surface area contributed by atoms with Crippen molar-refractivity contribution in [2.24, 2.45) is 0 Å². The fourth-order valence-electron chi connectivity index (χ4n) is 5.13. The van der Waals surface area contributed by atoms with Crippen LogP contribution in [0.1, 0.15) is 70.8 Å². The van der Waals surface area contributed by atoms with Gasteiger partial charge < -0.3 is 15.2 Å². The van der Waals surface area contributed by atoms with E-state index >= 15 is 0 Å². The summed E-state index contributed by atoms with van der Waals surface area (Å²) in [6, 6.07) is 6.97. The quantitative estimate of drug-likeness (QED) is 0.480. The molecule has 0 radical (unpaired) electrons. The number of rotatable bonds is 10. The summed E-state index contributed by atoms with van der Waals surface area (Å²) < 4.78 is 18.0. The zero-order valence-electron chi connectivity index (χ0n) is 20.2. The van der Waals surface area contributed by atoms with Crippen molar-refractivity contribution in [1.29, 1.82) is 0 Å². The predicted octanol–water partition coefficient (Wildman–Crippen LogP) is 3.74. The van der Waals surface area contributed by atoms with Gasteiger partial charge in [0.15, 0.2) is 5.78 Å². The summed E-state index contributed by atoms with van der Waals surface area (Å²) in [6.45, 7) is 1.60. The molecule has 1 saturated carbocycles. The second-order valence-electron chi connectivity index (χ2n) is 9.63. The third-order valence-electron chi connectivity index (χ3n) is 7.10. The number of amides is 1. The highest BCUT2D eigenvalue weighted by Gasteiger charge is 2.40. The number of benzene rings is 1. The number of alkyl halides is 1. The molecule has 1 aliphatic heterocycles. The number of aromatic nitrogens is 1. The molecule has 190 valence electrons. The van der Waals surface area contributed by atoms with E-state index in [1.54, 1.807) is 37.6 Å². The Labute approximate surface area is 209 Å². The standard InChI is InChI=1S/C26H34FN3O4S/c1-34-17-22-15-28-25(35-22)26(33)10-7-21(8-11-26)30-12-9-20(16-30)29-24(32)6-5-23(31)19-4-2-3-18(13-19)14-27/h2-4,13,15,20-21,33H,5-12,14,16-17H2,1H3,(H,29,32)/t20-,21?,26?/m1/s1. The minimum Gasteiger partial charge on any atom is -0.383 e. The van der Waals surface area contributed by atoms with E-state index in [0.717, 1.165) is 42.2 Å².